The zero-order valence-electron chi connectivity index (χ0n) is 13.6. The van der Waals surface area contributed by atoms with E-state index in [0.717, 1.165) is 6.26 Å². The van der Waals surface area contributed by atoms with Crippen LogP contribution in [0.15, 0.2) is 22.9 Å². The van der Waals surface area contributed by atoms with Crippen molar-refractivity contribution in [3.63, 3.8) is 0 Å². The van der Waals surface area contributed by atoms with E-state index in [4.69, 9.17) is 4.18 Å². The Morgan fingerprint density at radius 3 is 2.73 bits per heavy atom. The molecule has 0 aromatic carbocycles. The van der Waals surface area contributed by atoms with Crippen LogP contribution in [-0.4, -0.2) is 36.0 Å². The van der Waals surface area contributed by atoms with Gasteiger partial charge in [-0.05, 0) is 41.3 Å². The number of aromatic nitrogens is 3. The van der Waals surface area contributed by atoms with Gasteiger partial charge in [0, 0.05) is 22.2 Å². The maximum absolute atomic E-state index is 13.5. The highest BCUT2D eigenvalue weighted by Crippen LogP contribution is 2.41. The Hall–Kier alpha value is -1.46. The molecule has 142 valence electrons. The zero-order valence-corrected chi connectivity index (χ0v) is 16.0. The topological polar surface area (TPSA) is 74.1 Å². The van der Waals surface area contributed by atoms with Crippen LogP contribution >= 0.6 is 15.9 Å². The van der Waals surface area contributed by atoms with Gasteiger partial charge in [0.25, 0.3) is 10.1 Å². The Bertz CT molecular complexity index is 928. The van der Waals surface area contributed by atoms with Gasteiger partial charge in [0.1, 0.15) is 0 Å². The number of fused-ring (bicyclic) bond motifs is 1. The molecule has 0 radical (unpaired) electrons. The molecule has 1 unspecified atom stereocenters. The van der Waals surface area contributed by atoms with Gasteiger partial charge in [-0.2, -0.15) is 26.7 Å². The normalized spacial score (nSPS) is 18.0. The molecule has 2 aromatic rings. The van der Waals surface area contributed by atoms with Crippen molar-refractivity contribution < 1.29 is 25.8 Å². The molecule has 0 bridgehead atoms. The fraction of sp³-hybridized carbons (Fsp3) is 0.467. The van der Waals surface area contributed by atoms with E-state index in [1.165, 1.54) is 17.1 Å². The summed E-state index contributed by atoms with van der Waals surface area (Å²) in [6.07, 6.45) is 0.446. The van der Waals surface area contributed by atoms with Crippen LogP contribution in [0, 0.1) is 0 Å². The highest BCUT2D eigenvalue weighted by Gasteiger charge is 2.42. The summed E-state index contributed by atoms with van der Waals surface area (Å²) in [6, 6.07) is 1.60. The molecule has 0 amide bonds. The van der Waals surface area contributed by atoms with Gasteiger partial charge < -0.3 is 0 Å². The maximum Gasteiger partial charge on any atom is 0.435 e. The van der Waals surface area contributed by atoms with Crippen LogP contribution in [0.1, 0.15) is 35.7 Å². The molecule has 11 heteroatoms. The minimum absolute atomic E-state index is 0.0887. The number of hydrogen-bond donors (Lipinski definition) is 0. The SMILES string of the molecule is CS(=O)(=O)OCC1CCCc2c(C(F)(F)F)nn(-c3cncc(Br)c3)c21. The van der Waals surface area contributed by atoms with Crippen molar-refractivity contribution in [3.8, 4) is 5.69 Å². The number of halogens is 4. The standard InChI is InChI=1S/C15H15BrF3N3O3S/c1-26(23,24)25-8-9-3-2-4-12-13(9)22(21-14(12)15(17,18)19)11-5-10(16)6-20-7-11/h5-7,9H,2-4,8H2,1H3. The molecule has 6 nitrogen and oxygen atoms in total. The molecule has 0 fully saturated rings. The predicted molar refractivity (Wildman–Crippen MR) is 90.5 cm³/mol. The molecule has 0 spiro atoms. The fourth-order valence-electron chi connectivity index (χ4n) is 3.10. The van der Waals surface area contributed by atoms with Gasteiger partial charge in [-0.15, -0.1) is 0 Å². The molecule has 0 aliphatic heterocycles. The third-order valence-electron chi connectivity index (χ3n) is 4.08. The third kappa shape index (κ3) is 4.09. The first kappa shape index (κ1) is 19.3. The molecule has 2 aromatic heterocycles. The fourth-order valence-corrected chi connectivity index (χ4v) is 3.86. The average Bonchev–Trinajstić information content (AvgIpc) is 2.92. The van der Waals surface area contributed by atoms with E-state index in [2.05, 4.69) is 26.0 Å². The van der Waals surface area contributed by atoms with Crippen LogP contribution in [0.5, 0.6) is 0 Å². The molecule has 2 heterocycles. The first-order chi connectivity index (χ1) is 12.1. The van der Waals surface area contributed by atoms with Gasteiger partial charge in [-0.25, -0.2) is 4.68 Å². The summed E-state index contributed by atoms with van der Waals surface area (Å²) in [4.78, 5) is 3.98. The lowest BCUT2D eigenvalue weighted by Gasteiger charge is -2.24. The lowest BCUT2D eigenvalue weighted by Crippen LogP contribution is -2.20. The van der Waals surface area contributed by atoms with Crippen molar-refractivity contribution in [3.05, 3.63) is 39.9 Å². The molecule has 1 atom stereocenters. The molecule has 26 heavy (non-hydrogen) atoms. The maximum atomic E-state index is 13.5. The third-order valence-corrected chi connectivity index (χ3v) is 5.07. The van der Waals surface area contributed by atoms with Gasteiger partial charge in [0.2, 0.25) is 0 Å². The Balaban J connectivity index is 2.14. The second-order valence-corrected chi connectivity index (χ2v) is 8.62. The first-order valence-electron chi connectivity index (χ1n) is 7.70. The molecule has 0 saturated carbocycles. The summed E-state index contributed by atoms with van der Waals surface area (Å²) in [7, 11) is -3.70. The Morgan fingerprint density at radius 1 is 1.38 bits per heavy atom. The highest BCUT2D eigenvalue weighted by molar-refractivity contribution is 9.10. The van der Waals surface area contributed by atoms with Gasteiger partial charge in [-0.3, -0.25) is 9.17 Å². The number of rotatable bonds is 4. The molecule has 3 rings (SSSR count). The summed E-state index contributed by atoms with van der Waals surface area (Å²) < 4.78 is 69.6. The molecule has 0 saturated heterocycles. The van der Waals surface area contributed by atoms with E-state index in [0.29, 0.717) is 28.7 Å². The summed E-state index contributed by atoms with van der Waals surface area (Å²) in [5.41, 5.74) is -0.174. The minimum atomic E-state index is -4.60. The molecular weight excluding hydrogens is 439 g/mol. The lowest BCUT2D eigenvalue weighted by atomic mass is 9.87. The Morgan fingerprint density at radius 2 is 2.12 bits per heavy atom. The molecule has 1 aliphatic rings. The summed E-state index contributed by atoms with van der Waals surface area (Å²) in [5, 5.41) is 3.79. The minimum Gasteiger partial charge on any atom is -0.270 e. The summed E-state index contributed by atoms with van der Waals surface area (Å²) in [6.45, 7) is -0.226. The molecule has 1 aliphatic carbocycles. The van der Waals surface area contributed by atoms with Gasteiger partial charge in [0.05, 0.1) is 30.4 Å². The Labute approximate surface area is 156 Å². The van der Waals surface area contributed by atoms with E-state index >= 15 is 0 Å². The number of alkyl halides is 3. The molecule has 0 N–H and O–H groups in total. The number of pyridine rings is 1. The average molecular weight is 454 g/mol. The summed E-state index contributed by atoms with van der Waals surface area (Å²) >= 11 is 3.24. The number of nitrogens with zero attached hydrogens (tertiary/aromatic N) is 3. The van der Waals surface area contributed by atoms with E-state index in [9.17, 15) is 21.6 Å². The van der Waals surface area contributed by atoms with E-state index in [1.54, 1.807) is 6.07 Å². The van der Waals surface area contributed by atoms with Crippen molar-refractivity contribution in [2.45, 2.75) is 31.4 Å². The molecular formula is C15H15BrF3N3O3S. The number of hydrogen-bond acceptors (Lipinski definition) is 5. The van der Waals surface area contributed by atoms with Crippen molar-refractivity contribution >= 4 is 26.0 Å². The van der Waals surface area contributed by atoms with Crippen LogP contribution in [0.2, 0.25) is 0 Å². The van der Waals surface area contributed by atoms with Crippen LogP contribution in [0.25, 0.3) is 5.69 Å². The van der Waals surface area contributed by atoms with Crippen molar-refractivity contribution in [1.29, 1.82) is 0 Å². The Kier molecular flexibility index (Phi) is 5.15. The largest absolute Gasteiger partial charge is 0.435 e. The summed E-state index contributed by atoms with van der Waals surface area (Å²) in [5.74, 6) is -0.518. The smallest absolute Gasteiger partial charge is 0.270 e. The van der Waals surface area contributed by atoms with Crippen molar-refractivity contribution in [2.75, 3.05) is 12.9 Å². The van der Waals surface area contributed by atoms with Crippen molar-refractivity contribution in [2.24, 2.45) is 0 Å². The van der Waals surface area contributed by atoms with E-state index in [1.807, 2.05) is 0 Å². The van der Waals surface area contributed by atoms with Crippen molar-refractivity contribution in [1.82, 2.24) is 14.8 Å². The first-order valence-corrected chi connectivity index (χ1v) is 10.3. The zero-order chi connectivity index (χ0) is 19.1. The predicted octanol–water partition coefficient (Wildman–Crippen LogP) is 3.44. The van der Waals surface area contributed by atoms with E-state index < -0.39 is 27.9 Å². The monoisotopic (exact) mass is 453 g/mol. The van der Waals surface area contributed by atoms with Gasteiger partial charge in [0.15, 0.2) is 5.69 Å². The quantitative estimate of drug-likeness (QED) is 0.662. The van der Waals surface area contributed by atoms with Gasteiger partial charge in [-0.1, -0.05) is 0 Å². The van der Waals surface area contributed by atoms with E-state index in [-0.39, 0.29) is 18.6 Å². The second-order valence-electron chi connectivity index (χ2n) is 6.06. The van der Waals surface area contributed by atoms with Crippen LogP contribution < -0.4 is 0 Å². The van der Waals surface area contributed by atoms with Crippen LogP contribution in [-0.2, 0) is 26.9 Å². The van der Waals surface area contributed by atoms with Crippen LogP contribution in [0.4, 0.5) is 13.2 Å². The highest BCUT2D eigenvalue weighted by atomic mass is 79.9. The lowest BCUT2D eigenvalue weighted by molar-refractivity contribution is -0.142. The van der Waals surface area contributed by atoms with Crippen LogP contribution in [0.3, 0.4) is 0 Å². The second kappa shape index (κ2) is 6.93. The van der Waals surface area contributed by atoms with Gasteiger partial charge >= 0.3 is 6.18 Å².